The predicted octanol–water partition coefficient (Wildman–Crippen LogP) is 3.26. The largest absolute Gasteiger partial charge is 0.506 e. The summed E-state index contributed by atoms with van der Waals surface area (Å²) in [5.41, 5.74) is 1.82. The highest BCUT2D eigenvalue weighted by atomic mass is 32.2. The molecule has 0 aliphatic carbocycles. The van der Waals surface area contributed by atoms with E-state index in [1.807, 2.05) is 13.2 Å². The molecule has 0 atom stereocenters. The van der Waals surface area contributed by atoms with Gasteiger partial charge in [0.2, 0.25) is 0 Å². The van der Waals surface area contributed by atoms with E-state index in [1.165, 1.54) is 30.1 Å². The van der Waals surface area contributed by atoms with Crippen molar-refractivity contribution in [3.8, 4) is 5.75 Å². The standard InChI is InChI=1S/C14H16N2O3S2.O2/c1-10-3-6-12(7-4-10)21(18,19)16-11-5-8-14(17)13(9-11)15-20-2;1-2/h3-9,15-17H,1-2H3;. The molecule has 2 aromatic rings. The van der Waals surface area contributed by atoms with Crippen LogP contribution in [0.25, 0.3) is 0 Å². The van der Waals surface area contributed by atoms with Crippen LogP contribution >= 0.6 is 11.9 Å². The van der Waals surface area contributed by atoms with Gasteiger partial charge in [0, 0.05) is 16.2 Å². The summed E-state index contributed by atoms with van der Waals surface area (Å²) in [6.45, 7) is 1.89. The Morgan fingerprint density at radius 3 is 2.22 bits per heavy atom. The van der Waals surface area contributed by atoms with Crippen molar-refractivity contribution in [3.05, 3.63) is 58.0 Å². The van der Waals surface area contributed by atoms with E-state index in [0.29, 0.717) is 11.4 Å². The Morgan fingerprint density at radius 2 is 1.65 bits per heavy atom. The second-order valence-electron chi connectivity index (χ2n) is 4.46. The van der Waals surface area contributed by atoms with Crippen LogP contribution in [0.1, 0.15) is 5.56 Å². The van der Waals surface area contributed by atoms with E-state index >= 15 is 0 Å². The first kappa shape index (κ1) is 18.8. The minimum atomic E-state index is -3.64. The topological polar surface area (TPSA) is 113 Å². The van der Waals surface area contributed by atoms with Crippen LogP contribution in [-0.4, -0.2) is 19.8 Å². The zero-order valence-corrected chi connectivity index (χ0v) is 14.1. The molecule has 0 unspecified atom stereocenters. The first-order valence-corrected chi connectivity index (χ1v) is 9.01. The molecule has 0 bridgehead atoms. The summed E-state index contributed by atoms with van der Waals surface area (Å²) >= 11 is 1.31. The molecule has 23 heavy (non-hydrogen) atoms. The molecular formula is C14H16N2O5S2. The molecule has 3 N–H and O–H groups in total. The van der Waals surface area contributed by atoms with Crippen LogP contribution in [-0.2, 0) is 10.0 Å². The van der Waals surface area contributed by atoms with Gasteiger partial charge < -0.3 is 9.83 Å². The summed E-state index contributed by atoms with van der Waals surface area (Å²) in [5.74, 6) is 0.0580. The van der Waals surface area contributed by atoms with Gasteiger partial charge in [-0.2, -0.15) is 0 Å². The monoisotopic (exact) mass is 356 g/mol. The van der Waals surface area contributed by atoms with Gasteiger partial charge in [-0.15, -0.1) is 0 Å². The summed E-state index contributed by atoms with van der Waals surface area (Å²) in [6, 6.07) is 11.1. The van der Waals surface area contributed by atoms with Gasteiger partial charge in [0.25, 0.3) is 10.0 Å². The zero-order valence-electron chi connectivity index (χ0n) is 12.4. The van der Waals surface area contributed by atoms with Gasteiger partial charge in [-0.3, -0.25) is 4.72 Å². The maximum atomic E-state index is 12.3. The Balaban J connectivity index is 0.00000127. The van der Waals surface area contributed by atoms with Crippen molar-refractivity contribution in [2.24, 2.45) is 0 Å². The van der Waals surface area contributed by atoms with Gasteiger partial charge in [-0.05, 0) is 37.3 Å². The first-order chi connectivity index (χ1) is 10.9. The van der Waals surface area contributed by atoms with Crippen LogP contribution in [0.3, 0.4) is 0 Å². The third-order valence-corrected chi connectivity index (χ3v) is 4.61. The van der Waals surface area contributed by atoms with Crippen molar-refractivity contribution in [1.29, 1.82) is 0 Å². The third kappa shape index (κ3) is 5.15. The maximum Gasteiger partial charge on any atom is 0.261 e. The molecule has 0 spiro atoms. The van der Waals surface area contributed by atoms with Crippen molar-refractivity contribution >= 4 is 33.3 Å². The van der Waals surface area contributed by atoms with Gasteiger partial charge in [-0.25, -0.2) is 8.42 Å². The molecule has 7 nitrogen and oxygen atoms in total. The fourth-order valence-corrected chi connectivity index (χ4v) is 3.16. The van der Waals surface area contributed by atoms with Gasteiger partial charge in [0.15, 0.2) is 0 Å². The minimum Gasteiger partial charge on any atom is -0.506 e. The minimum absolute atomic E-state index is 0.0580. The summed E-state index contributed by atoms with van der Waals surface area (Å²) < 4.78 is 29.9. The summed E-state index contributed by atoms with van der Waals surface area (Å²) in [6.07, 6.45) is 1.81. The van der Waals surface area contributed by atoms with Crippen molar-refractivity contribution < 1.29 is 13.5 Å². The number of phenolic OH excluding ortho intramolecular Hbond substituents is 1. The molecule has 2 aromatic carbocycles. The maximum absolute atomic E-state index is 12.3. The summed E-state index contributed by atoms with van der Waals surface area (Å²) in [7, 11) is -3.64. The summed E-state index contributed by atoms with van der Waals surface area (Å²) in [4.78, 5) is 14.2. The number of anilines is 2. The quantitative estimate of drug-likeness (QED) is 0.428. The molecule has 0 saturated carbocycles. The van der Waals surface area contributed by atoms with Crippen LogP contribution in [0.15, 0.2) is 47.4 Å². The van der Waals surface area contributed by atoms with E-state index in [0.717, 1.165) is 5.56 Å². The number of rotatable bonds is 5. The second kappa shape index (κ2) is 8.39. The van der Waals surface area contributed by atoms with E-state index in [9.17, 15) is 13.5 Å². The number of phenols is 1. The van der Waals surface area contributed by atoms with Crippen LogP contribution in [0.2, 0.25) is 0 Å². The van der Waals surface area contributed by atoms with Gasteiger partial charge in [0.05, 0.1) is 16.3 Å². The predicted molar refractivity (Wildman–Crippen MR) is 94.0 cm³/mol. The van der Waals surface area contributed by atoms with E-state index in [1.54, 1.807) is 24.3 Å². The molecule has 0 radical (unpaired) electrons. The second-order valence-corrected chi connectivity index (χ2v) is 6.75. The molecule has 0 heterocycles. The SMILES string of the molecule is CSNc1cc(NS(=O)(=O)c2ccc(C)cc2)ccc1O.O=O. The molecule has 0 aromatic heterocycles. The van der Waals surface area contributed by atoms with Crippen molar-refractivity contribution in [2.45, 2.75) is 11.8 Å². The summed E-state index contributed by atoms with van der Waals surface area (Å²) in [5, 5.41) is 9.66. The number of benzene rings is 2. The lowest BCUT2D eigenvalue weighted by Crippen LogP contribution is -2.12. The highest BCUT2D eigenvalue weighted by molar-refractivity contribution is 7.99. The molecule has 0 saturated heterocycles. The van der Waals surface area contributed by atoms with Gasteiger partial charge in [-0.1, -0.05) is 29.6 Å². The molecule has 0 aliphatic heterocycles. The lowest BCUT2D eigenvalue weighted by atomic mass is 10.2. The van der Waals surface area contributed by atoms with Gasteiger partial charge >= 0.3 is 0 Å². The number of hydrogen-bond acceptors (Lipinski definition) is 7. The Labute approximate surface area is 138 Å². The molecule has 0 amide bonds. The van der Waals surface area contributed by atoms with Crippen LogP contribution in [0.4, 0.5) is 11.4 Å². The van der Waals surface area contributed by atoms with E-state index in [4.69, 9.17) is 9.93 Å². The third-order valence-electron chi connectivity index (χ3n) is 2.79. The highest BCUT2D eigenvalue weighted by Gasteiger charge is 2.14. The fraction of sp³-hybridized carbons (Fsp3) is 0.143. The Morgan fingerprint density at radius 1 is 1.04 bits per heavy atom. The van der Waals surface area contributed by atoms with Crippen molar-refractivity contribution in [3.63, 3.8) is 0 Å². The number of nitrogens with one attached hydrogen (secondary N) is 2. The molecule has 124 valence electrons. The van der Waals surface area contributed by atoms with Crippen LogP contribution < -0.4 is 9.44 Å². The average Bonchev–Trinajstić information content (AvgIpc) is 2.53. The number of sulfonamides is 1. The highest BCUT2D eigenvalue weighted by Crippen LogP contribution is 2.29. The van der Waals surface area contributed by atoms with Crippen molar-refractivity contribution in [2.75, 3.05) is 15.7 Å². The Bertz CT molecular complexity index is 748. The lowest BCUT2D eigenvalue weighted by Gasteiger charge is -2.11. The zero-order chi connectivity index (χ0) is 17.5. The molecule has 0 aliphatic rings. The molecule has 9 heteroatoms. The van der Waals surface area contributed by atoms with Gasteiger partial charge in [0.1, 0.15) is 5.75 Å². The number of aryl methyl sites for hydroxylation is 1. The van der Waals surface area contributed by atoms with Crippen LogP contribution in [0, 0.1) is 16.9 Å². The number of hydrogen-bond donors (Lipinski definition) is 3. The molecule has 0 fully saturated rings. The Kier molecular flexibility index (Phi) is 6.86. The Hall–Kier alpha value is -2.26. The normalized spacial score (nSPS) is 10.3. The lowest BCUT2D eigenvalue weighted by molar-refractivity contribution is 0.478. The van der Waals surface area contributed by atoms with Crippen molar-refractivity contribution in [1.82, 2.24) is 0 Å². The van der Waals surface area contributed by atoms with Crippen LogP contribution in [0.5, 0.6) is 5.75 Å². The first-order valence-electron chi connectivity index (χ1n) is 6.30. The smallest absolute Gasteiger partial charge is 0.261 e. The number of aromatic hydroxyl groups is 1. The average molecular weight is 356 g/mol. The fourth-order valence-electron chi connectivity index (χ4n) is 1.72. The molecular weight excluding hydrogens is 340 g/mol. The van der Waals surface area contributed by atoms with E-state index < -0.39 is 10.0 Å². The van der Waals surface area contributed by atoms with E-state index in [2.05, 4.69) is 9.44 Å². The molecule has 2 rings (SSSR count). The van der Waals surface area contributed by atoms with E-state index in [-0.39, 0.29) is 10.6 Å².